The van der Waals surface area contributed by atoms with Crippen LogP contribution in [-0.4, -0.2) is 183 Å². The normalized spacial score (nSPS) is 20.1. The molecule has 0 bridgehead atoms. The number of carboxylic acids is 2. The van der Waals surface area contributed by atoms with Gasteiger partial charge in [-0.15, -0.1) is 0 Å². The van der Waals surface area contributed by atoms with E-state index in [9.17, 15) is 24.6 Å². The van der Waals surface area contributed by atoms with E-state index in [-0.39, 0.29) is 23.4 Å². The Labute approximate surface area is 230 Å². The predicted molar refractivity (Wildman–Crippen MR) is 111 cm³/mol. The van der Waals surface area contributed by atoms with Gasteiger partial charge < -0.3 is 102 Å². The van der Waals surface area contributed by atoms with Crippen LogP contribution in [-0.2, 0) is 31.5 Å². The summed E-state index contributed by atoms with van der Waals surface area (Å²) in [6.45, 7) is -2.43. The van der Waals surface area contributed by atoms with Crippen LogP contribution in [0.25, 0.3) is 0 Å². The molecule has 0 fully saturated rings. The zero-order chi connectivity index (χ0) is 30.9. The van der Waals surface area contributed by atoms with Crippen molar-refractivity contribution in [3.8, 4) is 0 Å². The van der Waals surface area contributed by atoms with Crippen molar-refractivity contribution in [2.45, 2.75) is 73.2 Å². The SMILES string of the molecule is N[C@@H](C=O)[C@@H](O)[C@H](O)[C@H](O)CO.O=C([O-])[C@H](O)[C@@H](O)[C@H](O)[C@H](O)CO.O=C([O-])[C@H](O)[C@@H](O)[C@H](O)[C@H](O)CO.[Mn+2]. The predicted octanol–water partition coefficient (Wildman–Crippen LogP) is -13.1. The molecule has 21 heteroatoms. The first-order chi connectivity index (χ1) is 17.4. The van der Waals surface area contributed by atoms with Crippen LogP contribution in [0.15, 0.2) is 0 Å². The maximum absolute atomic E-state index is 10.0. The molecule has 0 saturated heterocycles. The summed E-state index contributed by atoms with van der Waals surface area (Å²) in [4.78, 5) is 30.0. The first-order valence-electron chi connectivity index (χ1n) is 10.3. The number of carboxylic acid groups (broad SMARTS) is 2. The molecule has 0 heterocycles. The summed E-state index contributed by atoms with van der Waals surface area (Å²) < 4.78 is 0. The Morgan fingerprint density at radius 1 is 0.564 bits per heavy atom. The van der Waals surface area contributed by atoms with Crippen LogP contribution in [0.3, 0.4) is 0 Å². The second kappa shape index (κ2) is 23.3. The van der Waals surface area contributed by atoms with Crippen molar-refractivity contribution in [1.29, 1.82) is 0 Å². The summed E-state index contributed by atoms with van der Waals surface area (Å²) in [6, 6.07) is -1.26. The van der Waals surface area contributed by atoms with Crippen LogP contribution in [0.2, 0.25) is 0 Å². The zero-order valence-corrected chi connectivity index (χ0v) is 21.1. The van der Waals surface area contributed by atoms with Crippen molar-refractivity contribution in [1.82, 2.24) is 0 Å². The van der Waals surface area contributed by atoms with Gasteiger partial charge in [0, 0.05) is 0 Å². The van der Waals surface area contributed by atoms with E-state index in [2.05, 4.69) is 0 Å². The van der Waals surface area contributed by atoms with Gasteiger partial charge in [-0.1, -0.05) is 0 Å². The third-order valence-corrected chi connectivity index (χ3v) is 4.48. The Hall–Kier alpha value is -1.47. The molecule has 0 aliphatic heterocycles. The van der Waals surface area contributed by atoms with Crippen LogP contribution >= 0.6 is 0 Å². The van der Waals surface area contributed by atoms with Gasteiger partial charge in [-0.05, 0) is 0 Å². The van der Waals surface area contributed by atoms with Crippen LogP contribution in [0.1, 0.15) is 0 Å². The fourth-order valence-electron chi connectivity index (χ4n) is 1.97. The molecule has 0 saturated carbocycles. The van der Waals surface area contributed by atoms with E-state index in [4.69, 9.17) is 77.2 Å². The number of aliphatic carboxylic acids is 2. The third kappa shape index (κ3) is 17.1. The Morgan fingerprint density at radius 3 is 0.974 bits per heavy atom. The molecule has 0 aromatic rings. The van der Waals surface area contributed by atoms with Crippen LogP contribution in [0.5, 0.6) is 0 Å². The van der Waals surface area contributed by atoms with E-state index >= 15 is 0 Å². The Bertz CT molecular complexity index is 624. The first kappa shape index (κ1) is 44.5. The minimum absolute atomic E-state index is 0. The Morgan fingerprint density at radius 2 is 0.795 bits per heavy atom. The number of carbonyl (C=O) groups excluding carboxylic acids is 3. The summed E-state index contributed by atoms with van der Waals surface area (Å²) >= 11 is 0. The molecule has 0 unspecified atom stereocenters. The third-order valence-electron chi connectivity index (χ3n) is 4.48. The molecule has 20 nitrogen and oxygen atoms in total. The van der Waals surface area contributed by atoms with Crippen LogP contribution in [0, 0.1) is 0 Å². The average molecular weight is 624 g/mol. The number of nitrogens with two attached hydrogens (primary N) is 1. The molecule has 0 aromatic carbocycles. The molecule has 0 amide bonds. The molecule has 1 radical (unpaired) electrons. The number of aliphatic hydroxyl groups is 14. The van der Waals surface area contributed by atoms with Gasteiger partial charge in [0.05, 0.1) is 37.8 Å². The fourth-order valence-corrected chi connectivity index (χ4v) is 1.97. The largest absolute Gasteiger partial charge is 2.00 e. The number of aldehydes is 1. The summed E-state index contributed by atoms with van der Waals surface area (Å²) in [5, 5.41) is 142. The van der Waals surface area contributed by atoms with E-state index in [0.29, 0.717) is 0 Å². The maximum Gasteiger partial charge on any atom is 2.00 e. The Balaban J connectivity index is -0.000000233. The molecular formula is C18H35MnNO19. The van der Waals surface area contributed by atoms with Gasteiger partial charge >= 0.3 is 17.1 Å². The molecule has 0 rings (SSSR count). The van der Waals surface area contributed by atoms with Crippen molar-refractivity contribution in [3.05, 3.63) is 0 Å². The monoisotopic (exact) mass is 624 g/mol. The standard InChI is InChI=1S/C6H13NO5.2C6H12O7.Mn/c7-3(1-8)5(11)6(12)4(10)2-9;2*7-1-2(8)3(9)4(10)5(11)6(12)13;/h1,3-6,9-12H,2,7H2;2*2-5,7-11H,1H2,(H,12,13);/q;;;+2/p-2/t3-,4+,5+,6+;2*2-,3-,4+,5-;/m011./s1. The van der Waals surface area contributed by atoms with Crippen molar-refractivity contribution >= 4 is 18.2 Å². The number of carbonyl (C=O) groups is 3. The molecule has 0 aliphatic carbocycles. The van der Waals surface area contributed by atoms with E-state index in [1.54, 1.807) is 0 Å². The second-order valence-corrected chi connectivity index (χ2v) is 7.43. The molecule has 16 N–H and O–H groups in total. The molecule has 0 aliphatic rings. The molecule has 0 spiro atoms. The molecule has 12 atom stereocenters. The van der Waals surface area contributed by atoms with Gasteiger partial charge in [0.15, 0.2) is 0 Å². The van der Waals surface area contributed by atoms with E-state index in [1.165, 1.54) is 0 Å². The van der Waals surface area contributed by atoms with Crippen molar-refractivity contribution < 1.29 is 113 Å². The van der Waals surface area contributed by atoms with E-state index in [1.807, 2.05) is 0 Å². The van der Waals surface area contributed by atoms with Crippen LogP contribution < -0.4 is 15.9 Å². The van der Waals surface area contributed by atoms with Gasteiger partial charge in [-0.25, -0.2) is 0 Å². The number of rotatable bonds is 15. The van der Waals surface area contributed by atoms with Crippen molar-refractivity contribution in [2.75, 3.05) is 19.8 Å². The van der Waals surface area contributed by atoms with Gasteiger partial charge in [0.1, 0.15) is 73.4 Å². The van der Waals surface area contributed by atoms with Gasteiger partial charge in [-0.2, -0.15) is 0 Å². The number of hydrogen-bond acceptors (Lipinski definition) is 20. The topological polar surface area (TPSA) is 407 Å². The molecular weight excluding hydrogens is 589 g/mol. The summed E-state index contributed by atoms with van der Waals surface area (Å²) in [7, 11) is 0. The number of hydrogen-bond donors (Lipinski definition) is 15. The van der Waals surface area contributed by atoms with Gasteiger partial charge in [0.2, 0.25) is 0 Å². The quantitative estimate of drug-likeness (QED) is 0.0593. The minimum atomic E-state index is -2.31. The van der Waals surface area contributed by atoms with Crippen molar-refractivity contribution in [2.24, 2.45) is 5.73 Å². The molecule has 0 aromatic heterocycles. The maximum atomic E-state index is 10.0. The van der Waals surface area contributed by atoms with E-state index in [0.717, 1.165) is 0 Å². The van der Waals surface area contributed by atoms with Gasteiger partial charge in [0.25, 0.3) is 0 Å². The average Bonchev–Trinajstić information content (AvgIpc) is 2.92. The summed E-state index contributed by atoms with van der Waals surface area (Å²) in [6.07, 6.45) is -20.6. The zero-order valence-electron chi connectivity index (χ0n) is 19.9. The number of aliphatic hydroxyl groups excluding tert-OH is 14. The van der Waals surface area contributed by atoms with Crippen molar-refractivity contribution in [3.63, 3.8) is 0 Å². The minimum Gasteiger partial charge on any atom is -0.547 e. The smallest absolute Gasteiger partial charge is 0.547 e. The second-order valence-electron chi connectivity index (χ2n) is 7.43. The van der Waals surface area contributed by atoms with Crippen LogP contribution in [0.4, 0.5) is 0 Å². The summed E-state index contributed by atoms with van der Waals surface area (Å²) in [5.74, 6) is -3.95. The molecule has 39 heavy (non-hydrogen) atoms. The first-order valence-corrected chi connectivity index (χ1v) is 10.3. The fraction of sp³-hybridized carbons (Fsp3) is 0.833. The van der Waals surface area contributed by atoms with Gasteiger partial charge in [-0.3, -0.25) is 0 Å². The summed E-state index contributed by atoms with van der Waals surface area (Å²) in [5.41, 5.74) is 5.04. The van der Waals surface area contributed by atoms with E-state index < -0.39 is 105 Å². The molecule has 233 valence electrons. The Kier molecular flexibility index (Phi) is 26.6.